The largest absolute Gasteiger partial charge is 0.379 e. The molecule has 78 valence electrons. The average Bonchev–Trinajstić information content (AvgIpc) is 2.54. The van der Waals surface area contributed by atoms with Gasteiger partial charge in [0, 0.05) is 29.6 Å². The summed E-state index contributed by atoms with van der Waals surface area (Å²) in [6, 6.07) is 8.57. The highest BCUT2D eigenvalue weighted by Crippen LogP contribution is 2.36. The maximum atomic E-state index is 5.34. The second kappa shape index (κ2) is 2.86. The Morgan fingerprint density at radius 2 is 2.00 bits per heavy atom. The molecule has 2 heterocycles. The van der Waals surface area contributed by atoms with Crippen LogP contribution in [-0.2, 0) is 17.2 Å². The average molecular weight is 201 g/mol. The smallest absolute Gasteiger partial charge is 0.0583 e. The molecule has 0 aliphatic carbocycles. The van der Waals surface area contributed by atoms with Crippen LogP contribution in [-0.4, -0.2) is 17.8 Å². The summed E-state index contributed by atoms with van der Waals surface area (Å²) in [5.74, 6) is 0. The minimum atomic E-state index is 0.223. The van der Waals surface area contributed by atoms with Gasteiger partial charge in [-0.25, -0.2) is 0 Å². The van der Waals surface area contributed by atoms with Crippen molar-refractivity contribution in [3.8, 4) is 0 Å². The van der Waals surface area contributed by atoms with E-state index in [2.05, 4.69) is 49.0 Å². The van der Waals surface area contributed by atoms with Gasteiger partial charge in [-0.05, 0) is 11.6 Å². The van der Waals surface area contributed by atoms with Crippen molar-refractivity contribution >= 4 is 10.9 Å². The lowest BCUT2D eigenvalue weighted by Gasteiger charge is -2.38. The van der Waals surface area contributed by atoms with Gasteiger partial charge >= 0.3 is 0 Å². The Labute approximate surface area is 89.5 Å². The molecule has 2 nitrogen and oxygen atoms in total. The van der Waals surface area contributed by atoms with E-state index in [1.54, 1.807) is 0 Å². The van der Waals surface area contributed by atoms with E-state index in [0.29, 0.717) is 0 Å². The van der Waals surface area contributed by atoms with Gasteiger partial charge in [0.05, 0.1) is 13.2 Å². The molecular weight excluding hydrogens is 186 g/mol. The van der Waals surface area contributed by atoms with Crippen molar-refractivity contribution < 1.29 is 4.74 Å². The first kappa shape index (κ1) is 8.98. The van der Waals surface area contributed by atoms with Crippen LogP contribution in [0.15, 0.2) is 30.5 Å². The summed E-state index contributed by atoms with van der Waals surface area (Å²) in [4.78, 5) is 0. The molecular formula is C13H15NO. The van der Waals surface area contributed by atoms with E-state index < -0.39 is 0 Å². The molecule has 1 aromatic heterocycles. The molecule has 3 rings (SSSR count). The van der Waals surface area contributed by atoms with Gasteiger partial charge in [-0.2, -0.15) is 0 Å². The molecule has 0 spiro atoms. The fraction of sp³-hybridized carbons (Fsp3) is 0.385. The highest BCUT2D eigenvalue weighted by molar-refractivity contribution is 5.85. The number of nitrogens with zero attached hydrogens (tertiary/aromatic N) is 1. The van der Waals surface area contributed by atoms with Crippen LogP contribution in [0.25, 0.3) is 10.9 Å². The minimum Gasteiger partial charge on any atom is -0.379 e. The third-order valence-corrected chi connectivity index (χ3v) is 3.39. The first-order chi connectivity index (χ1) is 7.21. The Morgan fingerprint density at radius 3 is 2.67 bits per heavy atom. The van der Waals surface area contributed by atoms with E-state index in [1.807, 2.05) is 0 Å². The van der Waals surface area contributed by atoms with Crippen LogP contribution in [0, 0.1) is 0 Å². The Hall–Kier alpha value is -1.28. The summed E-state index contributed by atoms with van der Waals surface area (Å²) in [6.45, 7) is 3.97. The number of aromatic nitrogens is 1. The van der Waals surface area contributed by atoms with E-state index in [9.17, 15) is 0 Å². The molecule has 1 aliphatic heterocycles. The summed E-state index contributed by atoms with van der Waals surface area (Å²) in [7, 11) is 2.11. The van der Waals surface area contributed by atoms with Gasteiger partial charge in [0.2, 0.25) is 0 Å². The van der Waals surface area contributed by atoms with Crippen molar-refractivity contribution in [2.24, 2.45) is 7.05 Å². The van der Waals surface area contributed by atoms with Gasteiger partial charge < -0.3 is 9.30 Å². The number of ether oxygens (including phenoxy) is 1. The molecule has 15 heavy (non-hydrogen) atoms. The normalized spacial score (nSPS) is 19.1. The fourth-order valence-electron chi connectivity index (χ4n) is 2.39. The van der Waals surface area contributed by atoms with Crippen LogP contribution in [0.1, 0.15) is 12.5 Å². The Kier molecular flexibility index (Phi) is 1.71. The molecule has 1 saturated heterocycles. The van der Waals surface area contributed by atoms with Crippen molar-refractivity contribution in [2.45, 2.75) is 12.3 Å². The van der Waals surface area contributed by atoms with E-state index in [-0.39, 0.29) is 5.41 Å². The molecule has 0 bridgehead atoms. The number of para-hydroxylation sites is 1. The standard InChI is InChI=1S/C13H15NO/c1-13(8-15-9-13)11-7-14(2)12-6-4-3-5-10(11)12/h3-7H,8-9H2,1-2H3. The number of aryl methyl sites for hydroxylation is 1. The van der Waals surface area contributed by atoms with Crippen LogP contribution in [0.4, 0.5) is 0 Å². The monoisotopic (exact) mass is 201 g/mol. The van der Waals surface area contributed by atoms with Crippen LogP contribution in [0.3, 0.4) is 0 Å². The molecule has 0 unspecified atom stereocenters. The van der Waals surface area contributed by atoms with E-state index in [0.717, 1.165) is 13.2 Å². The predicted octanol–water partition coefficient (Wildman–Crippen LogP) is 2.47. The van der Waals surface area contributed by atoms with Crippen LogP contribution in [0.5, 0.6) is 0 Å². The van der Waals surface area contributed by atoms with E-state index >= 15 is 0 Å². The van der Waals surface area contributed by atoms with Crippen LogP contribution in [0.2, 0.25) is 0 Å². The van der Waals surface area contributed by atoms with Gasteiger partial charge in [0.15, 0.2) is 0 Å². The van der Waals surface area contributed by atoms with Crippen molar-refractivity contribution in [2.75, 3.05) is 13.2 Å². The molecule has 0 amide bonds. The lowest BCUT2D eigenvalue weighted by atomic mass is 9.81. The zero-order chi connectivity index (χ0) is 10.5. The summed E-state index contributed by atoms with van der Waals surface area (Å²) < 4.78 is 7.54. The lowest BCUT2D eigenvalue weighted by molar-refractivity contribution is -0.0493. The molecule has 1 fully saturated rings. The van der Waals surface area contributed by atoms with E-state index in [1.165, 1.54) is 16.5 Å². The second-order valence-corrected chi connectivity index (χ2v) is 4.72. The minimum absolute atomic E-state index is 0.223. The number of benzene rings is 1. The molecule has 0 radical (unpaired) electrons. The summed E-state index contributed by atoms with van der Waals surface area (Å²) in [6.07, 6.45) is 2.24. The first-order valence-electron chi connectivity index (χ1n) is 5.33. The molecule has 2 aromatic rings. The summed E-state index contributed by atoms with van der Waals surface area (Å²) in [5, 5.41) is 1.37. The summed E-state index contributed by atoms with van der Waals surface area (Å²) >= 11 is 0. The summed E-state index contributed by atoms with van der Waals surface area (Å²) in [5.41, 5.74) is 2.95. The number of hydrogen-bond acceptors (Lipinski definition) is 1. The SMILES string of the molecule is Cn1cc(C2(C)COC2)c2ccccc21. The maximum Gasteiger partial charge on any atom is 0.0583 e. The third-order valence-electron chi connectivity index (χ3n) is 3.39. The lowest BCUT2D eigenvalue weighted by Crippen LogP contribution is -2.43. The number of hydrogen-bond donors (Lipinski definition) is 0. The van der Waals surface area contributed by atoms with Gasteiger partial charge in [0.1, 0.15) is 0 Å². The van der Waals surface area contributed by atoms with Crippen molar-refractivity contribution in [1.82, 2.24) is 4.57 Å². The predicted molar refractivity (Wildman–Crippen MR) is 61.1 cm³/mol. The number of rotatable bonds is 1. The topological polar surface area (TPSA) is 14.2 Å². The fourth-order valence-corrected chi connectivity index (χ4v) is 2.39. The van der Waals surface area contributed by atoms with Gasteiger partial charge in [-0.1, -0.05) is 25.1 Å². The molecule has 0 N–H and O–H groups in total. The Bertz CT molecular complexity index is 508. The highest BCUT2D eigenvalue weighted by Gasteiger charge is 2.37. The molecule has 2 heteroatoms. The van der Waals surface area contributed by atoms with Crippen LogP contribution >= 0.6 is 0 Å². The van der Waals surface area contributed by atoms with Gasteiger partial charge in [0.25, 0.3) is 0 Å². The molecule has 1 aromatic carbocycles. The van der Waals surface area contributed by atoms with Crippen molar-refractivity contribution in [1.29, 1.82) is 0 Å². The van der Waals surface area contributed by atoms with Gasteiger partial charge in [-0.3, -0.25) is 0 Å². The first-order valence-corrected chi connectivity index (χ1v) is 5.33. The Balaban J connectivity index is 2.27. The Morgan fingerprint density at radius 1 is 1.27 bits per heavy atom. The van der Waals surface area contributed by atoms with E-state index in [4.69, 9.17) is 4.74 Å². The highest BCUT2D eigenvalue weighted by atomic mass is 16.5. The quantitative estimate of drug-likeness (QED) is 0.691. The molecule has 0 atom stereocenters. The van der Waals surface area contributed by atoms with Crippen molar-refractivity contribution in [3.63, 3.8) is 0 Å². The van der Waals surface area contributed by atoms with Crippen molar-refractivity contribution in [3.05, 3.63) is 36.0 Å². The van der Waals surface area contributed by atoms with Crippen LogP contribution < -0.4 is 0 Å². The third kappa shape index (κ3) is 1.15. The molecule has 0 saturated carbocycles. The maximum absolute atomic E-state index is 5.34. The zero-order valence-electron chi connectivity index (χ0n) is 9.16. The zero-order valence-corrected chi connectivity index (χ0v) is 9.16. The number of fused-ring (bicyclic) bond motifs is 1. The molecule has 1 aliphatic rings. The van der Waals surface area contributed by atoms with Gasteiger partial charge in [-0.15, -0.1) is 0 Å². The second-order valence-electron chi connectivity index (χ2n) is 4.72.